The van der Waals surface area contributed by atoms with Crippen LogP contribution in [0.15, 0.2) is 0 Å². The van der Waals surface area contributed by atoms with Crippen LogP contribution in [-0.4, -0.2) is 35.1 Å². The Morgan fingerprint density at radius 2 is 1.88 bits per heavy atom. The number of amides is 3. The van der Waals surface area contributed by atoms with Crippen LogP contribution in [0, 0.1) is 0 Å². The molecule has 5 N–H and O–H groups in total. The number of hydrogen-bond acceptors (Lipinski definition) is 3. The van der Waals surface area contributed by atoms with E-state index in [1.807, 2.05) is 6.92 Å². The van der Waals surface area contributed by atoms with E-state index in [0.29, 0.717) is 12.8 Å². The van der Waals surface area contributed by atoms with Crippen molar-refractivity contribution in [3.8, 4) is 0 Å². The van der Waals surface area contributed by atoms with Gasteiger partial charge in [-0.25, -0.2) is 4.79 Å². The second-order valence-corrected chi connectivity index (χ2v) is 3.42. The van der Waals surface area contributed by atoms with Gasteiger partial charge in [0, 0.05) is 0 Å². The number of hydrogen-bond donors (Lipinski definition) is 4. The highest BCUT2D eigenvalue weighted by atomic mass is 16.4. The first-order valence-electron chi connectivity index (χ1n) is 4.97. The van der Waals surface area contributed by atoms with Crippen molar-refractivity contribution in [3.63, 3.8) is 0 Å². The van der Waals surface area contributed by atoms with E-state index in [1.54, 1.807) is 0 Å². The van der Waals surface area contributed by atoms with Crippen molar-refractivity contribution in [1.29, 1.82) is 0 Å². The van der Waals surface area contributed by atoms with Crippen LogP contribution in [0.4, 0.5) is 4.79 Å². The Labute approximate surface area is 93.4 Å². The topological polar surface area (TPSA) is 122 Å². The van der Waals surface area contributed by atoms with E-state index in [4.69, 9.17) is 10.8 Å². The zero-order chi connectivity index (χ0) is 12.7. The molecule has 0 spiro atoms. The summed E-state index contributed by atoms with van der Waals surface area (Å²) in [4.78, 5) is 32.7. The van der Waals surface area contributed by atoms with Gasteiger partial charge in [-0.15, -0.1) is 0 Å². The lowest BCUT2D eigenvalue weighted by Gasteiger charge is -2.18. The second-order valence-electron chi connectivity index (χ2n) is 3.42. The van der Waals surface area contributed by atoms with Crippen molar-refractivity contribution in [2.45, 2.75) is 38.8 Å². The van der Waals surface area contributed by atoms with E-state index < -0.39 is 30.0 Å². The maximum Gasteiger partial charge on any atom is 0.325 e. The molecule has 0 rings (SSSR count). The molecule has 0 aliphatic heterocycles. The smallest absolute Gasteiger partial charge is 0.325 e. The van der Waals surface area contributed by atoms with Gasteiger partial charge in [-0.05, 0) is 13.3 Å². The number of urea groups is 1. The Hall–Kier alpha value is -1.79. The molecule has 0 aliphatic rings. The highest BCUT2D eigenvalue weighted by Crippen LogP contribution is 1.97. The van der Waals surface area contributed by atoms with Gasteiger partial charge in [0.15, 0.2) is 0 Å². The molecule has 7 nitrogen and oxygen atoms in total. The monoisotopic (exact) mass is 231 g/mol. The van der Waals surface area contributed by atoms with Crippen LogP contribution in [0.25, 0.3) is 0 Å². The molecule has 0 unspecified atom stereocenters. The fraction of sp³-hybridized carbons (Fsp3) is 0.667. The van der Waals surface area contributed by atoms with E-state index in [2.05, 4.69) is 10.6 Å². The third-order valence-electron chi connectivity index (χ3n) is 1.94. The molecule has 0 fully saturated rings. The van der Waals surface area contributed by atoms with Gasteiger partial charge in [-0.2, -0.15) is 0 Å². The maximum atomic E-state index is 11.5. The highest BCUT2D eigenvalue weighted by Gasteiger charge is 2.22. The highest BCUT2D eigenvalue weighted by molar-refractivity contribution is 5.89. The van der Waals surface area contributed by atoms with Gasteiger partial charge in [-0.1, -0.05) is 13.3 Å². The van der Waals surface area contributed by atoms with Gasteiger partial charge in [0.05, 0.1) is 0 Å². The minimum atomic E-state index is -1.14. The summed E-state index contributed by atoms with van der Waals surface area (Å²) in [6, 6.07) is -2.59. The van der Waals surface area contributed by atoms with Crippen LogP contribution in [-0.2, 0) is 9.59 Å². The van der Waals surface area contributed by atoms with E-state index in [9.17, 15) is 14.4 Å². The lowest BCUT2D eigenvalue weighted by atomic mass is 10.1. The fourth-order valence-electron chi connectivity index (χ4n) is 1.10. The number of aliphatic carboxylic acids is 1. The molecule has 0 saturated carbocycles. The largest absolute Gasteiger partial charge is 0.480 e. The molecule has 16 heavy (non-hydrogen) atoms. The quantitative estimate of drug-likeness (QED) is 0.488. The molecule has 0 aliphatic carbocycles. The molecule has 0 saturated heterocycles. The Balaban J connectivity index is 4.37. The summed E-state index contributed by atoms with van der Waals surface area (Å²) in [5, 5.41) is 13.1. The van der Waals surface area contributed by atoms with Gasteiger partial charge in [0.25, 0.3) is 0 Å². The zero-order valence-corrected chi connectivity index (χ0v) is 9.32. The van der Waals surface area contributed by atoms with Crippen LogP contribution in [0.1, 0.15) is 26.7 Å². The van der Waals surface area contributed by atoms with Crippen molar-refractivity contribution < 1.29 is 19.5 Å². The van der Waals surface area contributed by atoms with Crippen molar-refractivity contribution in [2.75, 3.05) is 0 Å². The number of carboxylic acid groups (broad SMARTS) is 1. The normalized spacial score (nSPS) is 13.6. The summed E-state index contributed by atoms with van der Waals surface area (Å²) < 4.78 is 0. The first kappa shape index (κ1) is 14.2. The van der Waals surface area contributed by atoms with Crippen molar-refractivity contribution in [2.24, 2.45) is 5.73 Å². The molecule has 2 atom stereocenters. The number of carbonyl (C=O) groups is 3. The van der Waals surface area contributed by atoms with Crippen molar-refractivity contribution in [3.05, 3.63) is 0 Å². The van der Waals surface area contributed by atoms with E-state index in [-0.39, 0.29) is 0 Å². The molecule has 0 aromatic carbocycles. The number of carboxylic acids is 1. The number of nitrogens with one attached hydrogen (secondary N) is 2. The Bertz CT molecular complexity index is 280. The summed E-state index contributed by atoms with van der Waals surface area (Å²) >= 11 is 0. The molecule has 0 heterocycles. The second kappa shape index (κ2) is 6.65. The lowest BCUT2D eigenvalue weighted by molar-refractivity contribution is -0.141. The average molecular weight is 231 g/mol. The minimum absolute atomic E-state index is 0.404. The van der Waals surface area contributed by atoms with E-state index in [0.717, 1.165) is 0 Å². The third-order valence-corrected chi connectivity index (χ3v) is 1.94. The van der Waals surface area contributed by atoms with Crippen molar-refractivity contribution in [1.82, 2.24) is 10.6 Å². The molecular weight excluding hydrogens is 214 g/mol. The molecule has 0 bridgehead atoms. The van der Waals surface area contributed by atoms with Crippen LogP contribution in [0.3, 0.4) is 0 Å². The van der Waals surface area contributed by atoms with Crippen LogP contribution in [0.5, 0.6) is 0 Å². The van der Waals surface area contributed by atoms with Gasteiger partial charge >= 0.3 is 12.0 Å². The summed E-state index contributed by atoms with van der Waals surface area (Å²) in [6.45, 7) is 3.18. The molecule has 3 amide bonds. The zero-order valence-electron chi connectivity index (χ0n) is 9.32. The summed E-state index contributed by atoms with van der Waals surface area (Å²) in [5.74, 6) is -1.68. The first-order valence-corrected chi connectivity index (χ1v) is 4.97. The number of rotatable bonds is 6. The lowest BCUT2D eigenvalue weighted by Crippen LogP contribution is -2.51. The molecule has 7 heteroatoms. The summed E-state index contributed by atoms with van der Waals surface area (Å²) in [7, 11) is 0. The molecule has 0 aromatic heterocycles. The minimum Gasteiger partial charge on any atom is -0.480 e. The number of nitrogens with two attached hydrogens (primary N) is 1. The van der Waals surface area contributed by atoms with Crippen LogP contribution in [0.2, 0.25) is 0 Å². The van der Waals surface area contributed by atoms with Gasteiger partial charge in [-0.3, -0.25) is 9.59 Å². The number of primary amides is 1. The summed E-state index contributed by atoms with van der Waals surface area (Å²) in [6.07, 6.45) is 1.07. The molecule has 0 aromatic rings. The van der Waals surface area contributed by atoms with Crippen LogP contribution < -0.4 is 16.4 Å². The van der Waals surface area contributed by atoms with Crippen LogP contribution >= 0.6 is 0 Å². The Morgan fingerprint density at radius 3 is 2.25 bits per heavy atom. The average Bonchev–Trinajstić information content (AvgIpc) is 2.16. The molecule has 92 valence electrons. The SMILES string of the molecule is CCC[C@@H](NC(N)=O)C(=O)N[C@@H](C)C(=O)O. The standard InChI is InChI=1S/C9H17N3O4/c1-3-4-6(12-9(10)16)7(13)11-5(2)8(14)15/h5-6H,3-4H2,1-2H3,(H,11,13)(H,14,15)(H3,10,12,16)/t5-,6+/m0/s1. The number of carbonyl (C=O) groups excluding carboxylic acids is 2. The van der Waals surface area contributed by atoms with Gasteiger partial charge < -0.3 is 21.5 Å². The fourth-order valence-corrected chi connectivity index (χ4v) is 1.10. The third kappa shape index (κ3) is 5.18. The Morgan fingerprint density at radius 1 is 1.31 bits per heavy atom. The van der Waals surface area contributed by atoms with Gasteiger partial charge in [0.1, 0.15) is 12.1 Å². The predicted octanol–water partition coefficient (Wildman–Crippen LogP) is -0.587. The maximum absolute atomic E-state index is 11.5. The van der Waals surface area contributed by atoms with E-state index in [1.165, 1.54) is 6.92 Å². The summed E-state index contributed by atoms with van der Waals surface area (Å²) in [5.41, 5.74) is 4.91. The predicted molar refractivity (Wildman–Crippen MR) is 56.7 cm³/mol. The molecular formula is C9H17N3O4. The van der Waals surface area contributed by atoms with E-state index >= 15 is 0 Å². The van der Waals surface area contributed by atoms with Crippen molar-refractivity contribution >= 4 is 17.9 Å². The Kier molecular flexibility index (Phi) is 5.91. The molecule has 0 radical (unpaired) electrons. The first-order chi connectivity index (χ1) is 7.38. The van der Waals surface area contributed by atoms with Gasteiger partial charge in [0.2, 0.25) is 5.91 Å².